The summed E-state index contributed by atoms with van der Waals surface area (Å²) >= 11 is 15.1. The molecule has 0 heterocycles. The second kappa shape index (κ2) is 5.91. The summed E-state index contributed by atoms with van der Waals surface area (Å²) in [7, 11) is -3.76. The molecular formula is C12H8BrCl2NO3S. The second-order valence-electron chi connectivity index (χ2n) is 3.79. The van der Waals surface area contributed by atoms with Crippen molar-refractivity contribution in [2.75, 3.05) is 0 Å². The van der Waals surface area contributed by atoms with Crippen molar-refractivity contribution in [1.29, 1.82) is 0 Å². The van der Waals surface area contributed by atoms with E-state index in [-0.39, 0.29) is 9.92 Å². The predicted molar refractivity (Wildman–Crippen MR) is 82.1 cm³/mol. The number of benzene rings is 2. The monoisotopic (exact) mass is 395 g/mol. The zero-order valence-corrected chi connectivity index (χ0v) is 13.7. The van der Waals surface area contributed by atoms with Gasteiger partial charge in [0.25, 0.3) is 0 Å². The third kappa shape index (κ3) is 3.45. The summed E-state index contributed by atoms with van der Waals surface area (Å²) in [5, 5.41) is 5.68. The van der Waals surface area contributed by atoms with Gasteiger partial charge in [0, 0.05) is 0 Å². The summed E-state index contributed by atoms with van der Waals surface area (Å²) in [4.78, 5) is -0.0195. The van der Waals surface area contributed by atoms with Gasteiger partial charge in [-0.2, -0.15) is 0 Å². The number of rotatable bonds is 3. The van der Waals surface area contributed by atoms with E-state index >= 15 is 0 Å². The highest BCUT2D eigenvalue weighted by Gasteiger charge is 2.13. The summed E-state index contributed by atoms with van der Waals surface area (Å²) in [5.74, 6) is 0.754. The maximum atomic E-state index is 11.2. The summed E-state index contributed by atoms with van der Waals surface area (Å²) in [5.41, 5.74) is 0. The molecule has 106 valence electrons. The predicted octanol–water partition coefficient (Wildman–Crippen LogP) is 4.20. The van der Waals surface area contributed by atoms with Crippen molar-refractivity contribution in [1.82, 2.24) is 0 Å². The molecule has 0 saturated carbocycles. The molecule has 2 N–H and O–H groups in total. The molecule has 2 aromatic carbocycles. The highest BCUT2D eigenvalue weighted by Crippen LogP contribution is 2.37. The van der Waals surface area contributed by atoms with Crippen LogP contribution in [0.2, 0.25) is 10.0 Å². The second-order valence-corrected chi connectivity index (χ2v) is 6.99. The quantitative estimate of drug-likeness (QED) is 0.845. The Bertz CT molecular complexity index is 765. The third-order valence-electron chi connectivity index (χ3n) is 2.37. The Morgan fingerprint density at radius 1 is 1.10 bits per heavy atom. The molecule has 0 aliphatic heterocycles. The van der Waals surface area contributed by atoms with Gasteiger partial charge < -0.3 is 4.74 Å². The maximum absolute atomic E-state index is 11.2. The largest absolute Gasteiger partial charge is 0.455 e. The van der Waals surface area contributed by atoms with Crippen molar-refractivity contribution < 1.29 is 13.2 Å². The highest BCUT2D eigenvalue weighted by atomic mass is 79.9. The van der Waals surface area contributed by atoms with Gasteiger partial charge in [0.2, 0.25) is 10.0 Å². The molecule has 0 spiro atoms. The molecule has 0 saturated heterocycles. The van der Waals surface area contributed by atoms with Crippen LogP contribution in [0.25, 0.3) is 0 Å². The zero-order valence-electron chi connectivity index (χ0n) is 9.81. The Balaban J connectivity index is 2.38. The zero-order chi connectivity index (χ0) is 14.9. The van der Waals surface area contributed by atoms with Crippen LogP contribution in [0.1, 0.15) is 0 Å². The Labute approximate surface area is 134 Å². The molecule has 0 aliphatic carbocycles. The van der Waals surface area contributed by atoms with Crippen LogP contribution in [0.15, 0.2) is 45.8 Å². The molecule has 0 aromatic heterocycles. The molecule has 8 heteroatoms. The third-order valence-corrected chi connectivity index (χ3v) is 4.70. The Morgan fingerprint density at radius 2 is 1.80 bits per heavy atom. The minimum Gasteiger partial charge on any atom is -0.455 e. The van der Waals surface area contributed by atoms with Crippen molar-refractivity contribution in [2.45, 2.75) is 4.90 Å². The number of hydrogen-bond acceptors (Lipinski definition) is 3. The van der Waals surface area contributed by atoms with Gasteiger partial charge >= 0.3 is 0 Å². The van der Waals surface area contributed by atoms with Gasteiger partial charge in [-0.3, -0.25) is 0 Å². The standard InChI is InChI=1S/C12H8BrCl2NO3S/c13-8-6-7(20(16,17)18)4-5-10(8)19-11-3-1-2-9(14)12(11)15/h1-6H,(H2,16,17,18). The van der Waals surface area contributed by atoms with Crippen LogP contribution >= 0.6 is 39.1 Å². The Hall–Kier alpha value is -0.790. The topological polar surface area (TPSA) is 69.4 Å². The smallest absolute Gasteiger partial charge is 0.238 e. The summed E-state index contributed by atoms with van der Waals surface area (Å²) in [6, 6.07) is 9.14. The lowest BCUT2D eigenvalue weighted by Gasteiger charge is -2.10. The first-order valence-electron chi connectivity index (χ1n) is 5.23. The van der Waals surface area contributed by atoms with Crippen LogP contribution in [0.5, 0.6) is 11.5 Å². The van der Waals surface area contributed by atoms with Crippen LogP contribution in [0.4, 0.5) is 0 Å². The average Bonchev–Trinajstić information content (AvgIpc) is 2.36. The Kier molecular flexibility index (Phi) is 4.61. The van der Waals surface area contributed by atoms with Crippen molar-refractivity contribution in [2.24, 2.45) is 5.14 Å². The van der Waals surface area contributed by atoms with Gasteiger partial charge in [0.15, 0.2) is 0 Å². The summed E-state index contributed by atoms with van der Waals surface area (Å²) < 4.78 is 28.5. The average molecular weight is 397 g/mol. The van der Waals surface area contributed by atoms with E-state index in [1.54, 1.807) is 18.2 Å². The number of hydrogen-bond donors (Lipinski definition) is 1. The number of sulfonamides is 1. The van der Waals surface area contributed by atoms with Crippen LogP contribution in [-0.2, 0) is 10.0 Å². The molecule has 0 bridgehead atoms. The van der Waals surface area contributed by atoms with Crippen LogP contribution in [0, 0.1) is 0 Å². The van der Waals surface area contributed by atoms with Crippen molar-refractivity contribution in [3.8, 4) is 11.5 Å². The molecule has 2 aromatic rings. The molecule has 20 heavy (non-hydrogen) atoms. The fourth-order valence-electron chi connectivity index (χ4n) is 1.42. The molecule has 0 amide bonds. The lowest BCUT2D eigenvalue weighted by atomic mass is 10.3. The van der Waals surface area contributed by atoms with Gasteiger partial charge in [-0.15, -0.1) is 0 Å². The molecule has 0 atom stereocenters. The lowest BCUT2D eigenvalue weighted by molar-refractivity contribution is 0.479. The van der Waals surface area contributed by atoms with E-state index in [0.29, 0.717) is 21.0 Å². The first-order chi connectivity index (χ1) is 9.29. The summed E-state index contributed by atoms with van der Waals surface area (Å²) in [6.45, 7) is 0. The SMILES string of the molecule is NS(=O)(=O)c1ccc(Oc2cccc(Cl)c2Cl)c(Br)c1. The normalized spacial score (nSPS) is 11.4. The molecule has 0 aliphatic rings. The minimum absolute atomic E-state index is 0.0195. The van der Waals surface area contributed by atoms with Crippen molar-refractivity contribution >= 4 is 49.2 Å². The minimum atomic E-state index is -3.76. The van der Waals surface area contributed by atoms with Gasteiger partial charge in [-0.25, -0.2) is 13.6 Å². The maximum Gasteiger partial charge on any atom is 0.238 e. The molecule has 4 nitrogen and oxygen atoms in total. The van der Waals surface area contributed by atoms with E-state index in [9.17, 15) is 8.42 Å². The first kappa shape index (κ1) is 15.6. The fraction of sp³-hybridized carbons (Fsp3) is 0. The fourth-order valence-corrected chi connectivity index (χ4v) is 2.90. The van der Waals surface area contributed by atoms with E-state index < -0.39 is 10.0 Å². The summed E-state index contributed by atoms with van der Waals surface area (Å²) in [6.07, 6.45) is 0. The van der Waals surface area contributed by atoms with Gasteiger partial charge in [0.1, 0.15) is 16.5 Å². The van der Waals surface area contributed by atoms with E-state index in [1.165, 1.54) is 18.2 Å². The van der Waals surface area contributed by atoms with E-state index in [0.717, 1.165) is 0 Å². The van der Waals surface area contributed by atoms with Crippen LogP contribution in [0.3, 0.4) is 0 Å². The Morgan fingerprint density at radius 3 is 2.40 bits per heavy atom. The van der Waals surface area contributed by atoms with E-state index in [4.69, 9.17) is 33.1 Å². The molecule has 2 rings (SSSR count). The molecule has 0 unspecified atom stereocenters. The van der Waals surface area contributed by atoms with Crippen molar-refractivity contribution in [3.05, 3.63) is 50.9 Å². The van der Waals surface area contributed by atoms with Gasteiger partial charge in [-0.05, 0) is 46.3 Å². The van der Waals surface area contributed by atoms with E-state index in [1.807, 2.05) is 0 Å². The highest BCUT2D eigenvalue weighted by molar-refractivity contribution is 9.10. The number of primary sulfonamides is 1. The first-order valence-corrected chi connectivity index (χ1v) is 8.33. The molecule has 0 fully saturated rings. The van der Waals surface area contributed by atoms with Crippen molar-refractivity contribution in [3.63, 3.8) is 0 Å². The molecule has 0 radical (unpaired) electrons. The molecular weight excluding hydrogens is 389 g/mol. The van der Waals surface area contributed by atoms with Gasteiger partial charge in [0.05, 0.1) is 14.4 Å². The lowest BCUT2D eigenvalue weighted by Crippen LogP contribution is -2.11. The number of halogens is 3. The van der Waals surface area contributed by atoms with E-state index in [2.05, 4.69) is 15.9 Å². The van der Waals surface area contributed by atoms with Crippen LogP contribution < -0.4 is 9.88 Å². The number of nitrogens with two attached hydrogens (primary N) is 1. The van der Waals surface area contributed by atoms with Gasteiger partial charge in [-0.1, -0.05) is 29.3 Å². The number of ether oxygens (including phenoxy) is 1. The van der Waals surface area contributed by atoms with Crippen LogP contribution in [-0.4, -0.2) is 8.42 Å².